The molecule has 2 atom stereocenters. The zero-order valence-electron chi connectivity index (χ0n) is 12.1. The second-order valence-corrected chi connectivity index (χ2v) is 5.96. The maximum Gasteiger partial charge on any atom is 0.125 e. The Morgan fingerprint density at radius 2 is 1.95 bits per heavy atom. The van der Waals surface area contributed by atoms with Crippen molar-refractivity contribution < 1.29 is 4.42 Å². The summed E-state index contributed by atoms with van der Waals surface area (Å²) in [4.78, 5) is 0. The molecule has 20 heavy (non-hydrogen) atoms. The van der Waals surface area contributed by atoms with Gasteiger partial charge in [-0.15, -0.1) is 0 Å². The van der Waals surface area contributed by atoms with Crippen molar-refractivity contribution in [1.82, 2.24) is 5.32 Å². The molecule has 0 bridgehead atoms. The van der Waals surface area contributed by atoms with E-state index in [2.05, 4.69) is 48.6 Å². The largest absolute Gasteiger partial charge is 0.467 e. The predicted molar refractivity (Wildman–Crippen MR) is 81.5 cm³/mol. The second-order valence-electron chi connectivity index (χ2n) is 5.96. The van der Waals surface area contributed by atoms with Crippen LogP contribution in [0.2, 0.25) is 0 Å². The lowest BCUT2D eigenvalue weighted by atomic mass is 9.81. The Kier molecular flexibility index (Phi) is 4.22. The number of hydrogen-bond acceptors (Lipinski definition) is 2. The topological polar surface area (TPSA) is 25.2 Å². The third kappa shape index (κ3) is 3.13. The van der Waals surface area contributed by atoms with Crippen molar-refractivity contribution >= 4 is 0 Å². The third-order valence-corrected chi connectivity index (χ3v) is 4.32. The molecule has 2 unspecified atom stereocenters. The average Bonchev–Trinajstić information content (AvgIpc) is 2.95. The fourth-order valence-electron chi connectivity index (χ4n) is 3.02. The van der Waals surface area contributed by atoms with Crippen molar-refractivity contribution in [2.24, 2.45) is 5.92 Å². The standard InChI is InChI=1S/C18H23NO/c1-14(13-15-7-5-8-15)19-18(17-11-6-12-20-17)16-9-3-2-4-10-16/h2-4,6,9-12,14-15,18-19H,5,7-8,13H2,1H3. The van der Waals surface area contributed by atoms with E-state index in [4.69, 9.17) is 4.42 Å². The van der Waals surface area contributed by atoms with Crippen molar-refractivity contribution in [3.63, 3.8) is 0 Å². The molecule has 1 N–H and O–H groups in total. The molecule has 0 radical (unpaired) electrons. The minimum absolute atomic E-state index is 0.154. The summed E-state index contributed by atoms with van der Waals surface area (Å²) < 4.78 is 5.63. The van der Waals surface area contributed by atoms with E-state index in [0.717, 1.165) is 11.7 Å². The molecule has 0 spiro atoms. The van der Waals surface area contributed by atoms with Gasteiger partial charge in [0, 0.05) is 6.04 Å². The average molecular weight is 269 g/mol. The Labute approximate surface area is 121 Å². The molecule has 0 amide bonds. The molecular formula is C18H23NO. The summed E-state index contributed by atoms with van der Waals surface area (Å²) in [5.41, 5.74) is 1.27. The van der Waals surface area contributed by atoms with Crippen LogP contribution in [0.15, 0.2) is 53.1 Å². The molecule has 0 saturated heterocycles. The van der Waals surface area contributed by atoms with Crippen LogP contribution in [0, 0.1) is 5.92 Å². The molecule has 1 saturated carbocycles. The van der Waals surface area contributed by atoms with Gasteiger partial charge in [0.1, 0.15) is 5.76 Å². The summed E-state index contributed by atoms with van der Waals surface area (Å²) in [6, 6.07) is 15.2. The van der Waals surface area contributed by atoms with Crippen LogP contribution in [0.3, 0.4) is 0 Å². The van der Waals surface area contributed by atoms with E-state index < -0.39 is 0 Å². The lowest BCUT2D eigenvalue weighted by Gasteiger charge is -2.30. The van der Waals surface area contributed by atoms with Gasteiger partial charge in [-0.05, 0) is 37.0 Å². The first-order valence-corrected chi connectivity index (χ1v) is 7.67. The van der Waals surface area contributed by atoms with Gasteiger partial charge >= 0.3 is 0 Å². The Bertz CT molecular complexity index is 501. The molecule has 1 aromatic carbocycles. The van der Waals surface area contributed by atoms with Gasteiger partial charge in [0.25, 0.3) is 0 Å². The Morgan fingerprint density at radius 1 is 1.15 bits per heavy atom. The second kappa shape index (κ2) is 6.27. The normalized spacial score (nSPS) is 18.4. The molecule has 1 aliphatic rings. The molecule has 106 valence electrons. The molecule has 2 aromatic rings. The van der Waals surface area contributed by atoms with Gasteiger partial charge < -0.3 is 9.73 Å². The van der Waals surface area contributed by atoms with E-state index in [1.54, 1.807) is 6.26 Å². The molecule has 1 fully saturated rings. The van der Waals surface area contributed by atoms with Crippen LogP contribution in [0.25, 0.3) is 0 Å². The fraction of sp³-hybridized carbons (Fsp3) is 0.444. The van der Waals surface area contributed by atoms with Crippen LogP contribution in [-0.2, 0) is 0 Å². The van der Waals surface area contributed by atoms with Gasteiger partial charge in [0.2, 0.25) is 0 Å². The predicted octanol–water partition coefficient (Wildman–Crippen LogP) is 4.54. The highest BCUT2D eigenvalue weighted by Gasteiger charge is 2.23. The van der Waals surface area contributed by atoms with Gasteiger partial charge in [-0.1, -0.05) is 49.6 Å². The van der Waals surface area contributed by atoms with Crippen molar-refractivity contribution in [3.05, 3.63) is 60.1 Å². The first-order valence-electron chi connectivity index (χ1n) is 7.67. The van der Waals surface area contributed by atoms with E-state index in [0.29, 0.717) is 6.04 Å². The quantitative estimate of drug-likeness (QED) is 0.833. The first-order chi connectivity index (χ1) is 9.83. The van der Waals surface area contributed by atoms with Crippen LogP contribution >= 0.6 is 0 Å². The van der Waals surface area contributed by atoms with Gasteiger partial charge in [-0.3, -0.25) is 0 Å². The van der Waals surface area contributed by atoms with Crippen molar-refractivity contribution in [3.8, 4) is 0 Å². The summed E-state index contributed by atoms with van der Waals surface area (Å²) >= 11 is 0. The number of rotatable bonds is 6. The van der Waals surface area contributed by atoms with Crippen LogP contribution in [0.1, 0.15) is 50.0 Å². The zero-order chi connectivity index (χ0) is 13.8. The van der Waals surface area contributed by atoms with Gasteiger partial charge in [-0.2, -0.15) is 0 Å². The summed E-state index contributed by atoms with van der Waals surface area (Å²) in [7, 11) is 0. The Balaban J connectivity index is 1.72. The van der Waals surface area contributed by atoms with Gasteiger partial charge in [0.05, 0.1) is 12.3 Å². The van der Waals surface area contributed by atoms with Gasteiger partial charge in [0.15, 0.2) is 0 Å². The zero-order valence-corrected chi connectivity index (χ0v) is 12.1. The van der Waals surface area contributed by atoms with Crippen LogP contribution in [0.5, 0.6) is 0 Å². The number of hydrogen-bond donors (Lipinski definition) is 1. The Morgan fingerprint density at radius 3 is 2.55 bits per heavy atom. The summed E-state index contributed by atoms with van der Waals surface area (Å²) in [6.45, 7) is 2.29. The fourth-order valence-corrected chi connectivity index (χ4v) is 3.02. The summed E-state index contributed by atoms with van der Waals surface area (Å²) in [6.07, 6.45) is 7.25. The first kappa shape index (κ1) is 13.4. The van der Waals surface area contributed by atoms with Crippen molar-refractivity contribution in [2.75, 3.05) is 0 Å². The minimum Gasteiger partial charge on any atom is -0.467 e. The third-order valence-electron chi connectivity index (χ3n) is 4.32. The van der Waals surface area contributed by atoms with E-state index >= 15 is 0 Å². The molecule has 2 heteroatoms. The highest BCUT2D eigenvalue weighted by Crippen LogP contribution is 2.31. The van der Waals surface area contributed by atoms with E-state index in [1.165, 1.54) is 31.2 Å². The molecule has 1 heterocycles. The number of furan rings is 1. The van der Waals surface area contributed by atoms with Crippen molar-refractivity contribution in [2.45, 2.75) is 44.7 Å². The van der Waals surface area contributed by atoms with Crippen LogP contribution in [-0.4, -0.2) is 6.04 Å². The van der Waals surface area contributed by atoms with Crippen molar-refractivity contribution in [1.29, 1.82) is 0 Å². The lowest BCUT2D eigenvalue weighted by Crippen LogP contribution is -2.33. The SMILES string of the molecule is CC(CC1CCC1)NC(c1ccccc1)c1ccco1. The monoisotopic (exact) mass is 269 g/mol. The van der Waals surface area contributed by atoms with Crippen LogP contribution < -0.4 is 5.32 Å². The Hall–Kier alpha value is -1.54. The molecular weight excluding hydrogens is 246 g/mol. The maximum atomic E-state index is 5.63. The molecule has 1 aromatic heterocycles. The number of benzene rings is 1. The molecule has 0 aliphatic heterocycles. The highest BCUT2D eigenvalue weighted by molar-refractivity contribution is 5.26. The summed E-state index contributed by atoms with van der Waals surface area (Å²) in [5, 5.41) is 3.74. The smallest absolute Gasteiger partial charge is 0.125 e. The van der Waals surface area contributed by atoms with Gasteiger partial charge in [-0.25, -0.2) is 0 Å². The number of nitrogens with one attached hydrogen (secondary N) is 1. The van der Waals surface area contributed by atoms with E-state index in [9.17, 15) is 0 Å². The molecule has 1 aliphatic carbocycles. The highest BCUT2D eigenvalue weighted by atomic mass is 16.3. The minimum atomic E-state index is 0.154. The maximum absolute atomic E-state index is 5.63. The van der Waals surface area contributed by atoms with E-state index in [-0.39, 0.29) is 6.04 Å². The molecule has 3 rings (SSSR count). The summed E-state index contributed by atoms with van der Waals surface area (Å²) in [5.74, 6) is 1.92. The van der Waals surface area contributed by atoms with Crippen LogP contribution in [0.4, 0.5) is 0 Å². The van der Waals surface area contributed by atoms with E-state index in [1.807, 2.05) is 6.07 Å². The molecule has 2 nitrogen and oxygen atoms in total. The lowest BCUT2D eigenvalue weighted by molar-refractivity contribution is 0.258.